The molecule has 0 amide bonds. The molecule has 2 N–H and O–H groups in total. The van der Waals surface area contributed by atoms with Gasteiger partial charge < -0.3 is 15.4 Å². The van der Waals surface area contributed by atoms with Crippen LogP contribution in [-0.4, -0.2) is 25.2 Å². The van der Waals surface area contributed by atoms with Crippen molar-refractivity contribution >= 4 is 5.69 Å². The molecule has 3 nitrogen and oxygen atoms in total. The van der Waals surface area contributed by atoms with Crippen LogP contribution in [0.3, 0.4) is 0 Å². The Labute approximate surface area is 116 Å². The Bertz CT molecular complexity index is 419. The molecule has 1 fully saturated rings. The molecule has 106 valence electrons. The molecule has 2 atom stereocenters. The number of piperidine rings is 1. The van der Waals surface area contributed by atoms with Crippen LogP contribution in [0.25, 0.3) is 0 Å². The Balaban J connectivity index is 2.23. The first-order chi connectivity index (χ1) is 9.10. The highest BCUT2D eigenvalue weighted by atomic mass is 16.5. The Morgan fingerprint density at radius 3 is 2.95 bits per heavy atom. The fraction of sp³-hybridized carbons (Fsp3) is 0.625. The number of benzene rings is 1. The Hall–Kier alpha value is -1.22. The molecule has 1 aromatic rings. The van der Waals surface area contributed by atoms with Crippen LogP contribution >= 0.6 is 0 Å². The number of hydrogen-bond acceptors (Lipinski definition) is 3. The van der Waals surface area contributed by atoms with Gasteiger partial charge in [0.1, 0.15) is 5.75 Å². The van der Waals surface area contributed by atoms with Gasteiger partial charge in [-0.05, 0) is 50.8 Å². The van der Waals surface area contributed by atoms with Crippen LogP contribution in [0.15, 0.2) is 18.2 Å². The molecule has 0 aromatic heterocycles. The number of ether oxygens (including phenoxy) is 1. The van der Waals surface area contributed by atoms with E-state index >= 15 is 0 Å². The summed E-state index contributed by atoms with van der Waals surface area (Å²) in [5.41, 5.74) is 8.57. The van der Waals surface area contributed by atoms with Gasteiger partial charge in [0.2, 0.25) is 0 Å². The van der Waals surface area contributed by atoms with Crippen LogP contribution in [-0.2, 0) is 0 Å². The maximum atomic E-state index is 6.10. The molecule has 1 heterocycles. The molecule has 19 heavy (non-hydrogen) atoms. The summed E-state index contributed by atoms with van der Waals surface area (Å²) in [5.74, 6) is 0.994. The molecule has 1 aliphatic rings. The van der Waals surface area contributed by atoms with Gasteiger partial charge in [-0.1, -0.05) is 13.0 Å². The molecule has 3 heteroatoms. The molecule has 0 saturated carbocycles. The summed E-state index contributed by atoms with van der Waals surface area (Å²) in [6.45, 7) is 8.40. The van der Waals surface area contributed by atoms with Crippen LogP contribution in [0.2, 0.25) is 0 Å². The van der Waals surface area contributed by atoms with Crippen LogP contribution in [0.1, 0.15) is 38.7 Å². The van der Waals surface area contributed by atoms with Crippen LogP contribution in [0.4, 0.5) is 5.69 Å². The predicted molar refractivity (Wildman–Crippen MR) is 81.0 cm³/mol. The summed E-state index contributed by atoms with van der Waals surface area (Å²) in [6, 6.07) is 6.71. The molecular formula is C16H26N2O. The average molecular weight is 262 g/mol. The van der Waals surface area contributed by atoms with E-state index in [0.717, 1.165) is 38.1 Å². The first-order valence-corrected chi connectivity index (χ1v) is 7.38. The van der Waals surface area contributed by atoms with Gasteiger partial charge in [-0.2, -0.15) is 0 Å². The Kier molecular flexibility index (Phi) is 4.70. The van der Waals surface area contributed by atoms with E-state index < -0.39 is 0 Å². The van der Waals surface area contributed by atoms with Crippen molar-refractivity contribution in [3.8, 4) is 5.75 Å². The van der Waals surface area contributed by atoms with Gasteiger partial charge in [-0.3, -0.25) is 0 Å². The molecule has 2 unspecified atom stereocenters. The van der Waals surface area contributed by atoms with Crippen LogP contribution in [0, 0.1) is 6.92 Å². The standard InChI is InChI=1S/C16H26N2O/c1-4-13(3)19-16-8-7-12(2)10-15(16)18-9-5-6-14(17)11-18/h7-8,10,13-14H,4-6,9,11,17H2,1-3H3. The molecule has 0 radical (unpaired) electrons. The summed E-state index contributed by atoms with van der Waals surface area (Å²) < 4.78 is 6.06. The van der Waals surface area contributed by atoms with E-state index in [1.54, 1.807) is 0 Å². The quantitative estimate of drug-likeness (QED) is 0.906. The number of aryl methyl sites for hydroxylation is 1. The minimum atomic E-state index is 0.250. The van der Waals surface area contributed by atoms with Crippen molar-refractivity contribution in [2.24, 2.45) is 5.73 Å². The monoisotopic (exact) mass is 262 g/mol. The predicted octanol–water partition coefficient (Wildman–Crippen LogP) is 3.10. The molecule has 2 rings (SSSR count). The van der Waals surface area contributed by atoms with Gasteiger partial charge >= 0.3 is 0 Å². The Morgan fingerprint density at radius 2 is 2.26 bits per heavy atom. The van der Waals surface area contributed by atoms with Gasteiger partial charge in [-0.15, -0.1) is 0 Å². The second-order valence-corrected chi connectivity index (χ2v) is 5.66. The third-order valence-corrected chi connectivity index (χ3v) is 3.82. The third-order valence-electron chi connectivity index (χ3n) is 3.82. The van der Waals surface area contributed by atoms with E-state index in [0.29, 0.717) is 0 Å². The van der Waals surface area contributed by atoms with Crippen molar-refractivity contribution < 1.29 is 4.74 Å². The molecule has 1 saturated heterocycles. The van der Waals surface area contributed by atoms with Crippen molar-refractivity contribution in [3.63, 3.8) is 0 Å². The zero-order chi connectivity index (χ0) is 13.8. The molecule has 1 aliphatic heterocycles. The van der Waals surface area contributed by atoms with E-state index in [2.05, 4.69) is 43.9 Å². The topological polar surface area (TPSA) is 38.5 Å². The van der Waals surface area contributed by atoms with Gasteiger partial charge in [0.25, 0.3) is 0 Å². The number of hydrogen-bond donors (Lipinski definition) is 1. The first kappa shape index (κ1) is 14.2. The zero-order valence-corrected chi connectivity index (χ0v) is 12.4. The molecule has 0 spiro atoms. The number of nitrogens with zero attached hydrogens (tertiary/aromatic N) is 1. The summed E-state index contributed by atoms with van der Waals surface area (Å²) in [4.78, 5) is 2.37. The lowest BCUT2D eigenvalue weighted by Crippen LogP contribution is -2.43. The fourth-order valence-electron chi connectivity index (χ4n) is 2.50. The van der Waals surface area contributed by atoms with E-state index in [4.69, 9.17) is 10.5 Å². The first-order valence-electron chi connectivity index (χ1n) is 7.38. The molecule has 1 aromatic carbocycles. The summed E-state index contributed by atoms with van der Waals surface area (Å²) in [7, 11) is 0. The van der Waals surface area contributed by atoms with E-state index in [9.17, 15) is 0 Å². The number of rotatable bonds is 4. The smallest absolute Gasteiger partial charge is 0.143 e. The van der Waals surface area contributed by atoms with Crippen molar-refractivity contribution in [2.75, 3.05) is 18.0 Å². The summed E-state index contributed by atoms with van der Waals surface area (Å²) in [5, 5.41) is 0. The molecule has 0 aliphatic carbocycles. The van der Waals surface area contributed by atoms with E-state index in [1.807, 2.05) is 0 Å². The maximum absolute atomic E-state index is 6.10. The van der Waals surface area contributed by atoms with Crippen LogP contribution < -0.4 is 15.4 Å². The Morgan fingerprint density at radius 1 is 1.47 bits per heavy atom. The summed E-state index contributed by atoms with van der Waals surface area (Å²) >= 11 is 0. The lowest BCUT2D eigenvalue weighted by atomic mass is 10.0. The van der Waals surface area contributed by atoms with Crippen molar-refractivity contribution in [2.45, 2.75) is 52.2 Å². The SMILES string of the molecule is CCC(C)Oc1ccc(C)cc1N1CCCC(N)C1. The fourth-order valence-corrected chi connectivity index (χ4v) is 2.50. The molecule has 0 bridgehead atoms. The van der Waals surface area contributed by atoms with Gasteiger partial charge in [0, 0.05) is 19.1 Å². The highest BCUT2D eigenvalue weighted by Crippen LogP contribution is 2.32. The van der Waals surface area contributed by atoms with Gasteiger partial charge in [0.15, 0.2) is 0 Å². The van der Waals surface area contributed by atoms with Crippen LogP contribution in [0.5, 0.6) is 5.75 Å². The van der Waals surface area contributed by atoms with E-state index in [-0.39, 0.29) is 12.1 Å². The van der Waals surface area contributed by atoms with E-state index in [1.165, 1.54) is 11.3 Å². The lowest BCUT2D eigenvalue weighted by molar-refractivity contribution is 0.217. The third kappa shape index (κ3) is 3.63. The second kappa shape index (κ2) is 6.29. The van der Waals surface area contributed by atoms with Crippen molar-refractivity contribution in [1.29, 1.82) is 0 Å². The van der Waals surface area contributed by atoms with Gasteiger partial charge in [0.05, 0.1) is 11.8 Å². The average Bonchev–Trinajstić information content (AvgIpc) is 2.40. The lowest BCUT2D eigenvalue weighted by Gasteiger charge is -2.34. The summed E-state index contributed by atoms with van der Waals surface area (Å²) in [6.07, 6.45) is 3.56. The second-order valence-electron chi connectivity index (χ2n) is 5.66. The van der Waals surface area contributed by atoms with Crippen molar-refractivity contribution in [1.82, 2.24) is 0 Å². The maximum Gasteiger partial charge on any atom is 0.143 e. The highest BCUT2D eigenvalue weighted by molar-refractivity contribution is 5.60. The highest BCUT2D eigenvalue weighted by Gasteiger charge is 2.20. The minimum Gasteiger partial charge on any atom is -0.489 e. The minimum absolute atomic E-state index is 0.250. The normalized spacial score (nSPS) is 21.3. The number of anilines is 1. The number of nitrogens with two attached hydrogens (primary N) is 1. The van der Waals surface area contributed by atoms with Gasteiger partial charge in [-0.25, -0.2) is 0 Å². The largest absolute Gasteiger partial charge is 0.489 e. The zero-order valence-electron chi connectivity index (χ0n) is 12.4. The molecular weight excluding hydrogens is 236 g/mol. The van der Waals surface area contributed by atoms with Crippen molar-refractivity contribution in [3.05, 3.63) is 23.8 Å².